The first-order valence-electron chi connectivity index (χ1n) is 10.2. The summed E-state index contributed by atoms with van der Waals surface area (Å²) in [6.45, 7) is 4.14. The van der Waals surface area contributed by atoms with E-state index in [9.17, 15) is 13.2 Å². The summed E-state index contributed by atoms with van der Waals surface area (Å²) in [5.41, 5.74) is 2.32. The molecule has 0 spiro atoms. The van der Waals surface area contributed by atoms with Gasteiger partial charge in [-0.05, 0) is 32.3 Å². The van der Waals surface area contributed by atoms with Gasteiger partial charge in [0.2, 0.25) is 5.82 Å². The van der Waals surface area contributed by atoms with E-state index in [1.807, 2.05) is 50.2 Å². The van der Waals surface area contributed by atoms with Crippen molar-refractivity contribution in [2.75, 3.05) is 11.5 Å². The van der Waals surface area contributed by atoms with E-state index < -0.39 is 15.4 Å². The number of rotatable bonds is 5. The molecule has 1 aliphatic rings. The summed E-state index contributed by atoms with van der Waals surface area (Å²) in [5.74, 6) is 0.684. The van der Waals surface area contributed by atoms with Crippen LogP contribution in [-0.2, 0) is 23.5 Å². The molecule has 0 aliphatic carbocycles. The largest absolute Gasteiger partial charge is 0.487 e. The number of amides is 1. The Balaban J connectivity index is 1.55. The van der Waals surface area contributed by atoms with E-state index in [0.29, 0.717) is 42.1 Å². The van der Waals surface area contributed by atoms with Crippen molar-refractivity contribution in [2.45, 2.75) is 38.8 Å². The van der Waals surface area contributed by atoms with Gasteiger partial charge in [0, 0.05) is 18.7 Å². The van der Waals surface area contributed by atoms with Crippen molar-refractivity contribution in [2.24, 2.45) is 7.05 Å². The number of ether oxygens (including phenoxy) is 1. The lowest BCUT2D eigenvalue weighted by molar-refractivity contribution is 0.0886. The summed E-state index contributed by atoms with van der Waals surface area (Å²) in [4.78, 5) is 21.9. The second kappa shape index (κ2) is 7.96. The Hall–Kier alpha value is -2.94. The fourth-order valence-corrected chi connectivity index (χ4v) is 5.44. The number of hydrogen-bond donors (Lipinski definition) is 1. The predicted molar refractivity (Wildman–Crippen MR) is 118 cm³/mol. The Labute approximate surface area is 181 Å². The average Bonchev–Trinajstić information content (AvgIpc) is 3.05. The number of aromatic nitrogens is 3. The third kappa shape index (κ3) is 4.56. The number of pyridine rings is 1. The van der Waals surface area contributed by atoms with Crippen LogP contribution >= 0.6 is 0 Å². The van der Waals surface area contributed by atoms with Crippen molar-refractivity contribution in [1.29, 1.82) is 0 Å². The molecular formula is C22H26N4O4S. The number of benzene rings is 1. The average molecular weight is 443 g/mol. The number of hydrogen-bond acceptors (Lipinski definition) is 6. The molecule has 1 saturated heterocycles. The molecule has 1 amide bonds. The molecule has 0 atom stereocenters. The molecule has 4 rings (SSSR count). The van der Waals surface area contributed by atoms with Gasteiger partial charge in [-0.2, -0.15) is 0 Å². The molecule has 0 bridgehead atoms. The fourth-order valence-electron chi connectivity index (χ4n) is 3.71. The van der Waals surface area contributed by atoms with Gasteiger partial charge in [0.15, 0.2) is 5.65 Å². The minimum absolute atomic E-state index is 0.0786. The zero-order valence-electron chi connectivity index (χ0n) is 17.9. The standard InChI is InChI=1S/C22H26N4O4S/c1-15-18(30-14-16-7-5-4-6-8-16)13-17-19(23-15)24-20(26(17)3)21(27)25-22(2)9-11-31(28,29)12-10-22/h4-8,13H,9-12,14H2,1-3H3,(H,25,27). The smallest absolute Gasteiger partial charge is 0.287 e. The quantitative estimate of drug-likeness (QED) is 0.651. The molecule has 8 nitrogen and oxygen atoms in total. The molecular weight excluding hydrogens is 416 g/mol. The number of fused-ring (bicyclic) bond motifs is 1. The van der Waals surface area contributed by atoms with Crippen LogP contribution in [0.15, 0.2) is 36.4 Å². The van der Waals surface area contributed by atoms with Gasteiger partial charge in [0.05, 0.1) is 22.7 Å². The van der Waals surface area contributed by atoms with Gasteiger partial charge in [-0.3, -0.25) is 4.79 Å². The summed E-state index contributed by atoms with van der Waals surface area (Å²) in [7, 11) is -1.25. The van der Waals surface area contributed by atoms with Gasteiger partial charge >= 0.3 is 0 Å². The van der Waals surface area contributed by atoms with Gasteiger partial charge in [-0.25, -0.2) is 18.4 Å². The summed E-state index contributed by atoms with van der Waals surface area (Å²) in [5, 5.41) is 2.98. The molecule has 0 radical (unpaired) electrons. The van der Waals surface area contributed by atoms with Crippen LogP contribution < -0.4 is 10.1 Å². The van der Waals surface area contributed by atoms with Gasteiger partial charge < -0.3 is 14.6 Å². The lowest BCUT2D eigenvalue weighted by Crippen LogP contribution is -2.51. The van der Waals surface area contributed by atoms with Crippen LogP contribution in [0.5, 0.6) is 5.75 Å². The third-order valence-electron chi connectivity index (χ3n) is 5.80. The van der Waals surface area contributed by atoms with Gasteiger partial charge in [-0.15, -0.1) is 0 Å². The number of carbonyl (C=O) groups excluding carboxylic acids is 1. The van der Waals surface area contributed by atoms with Crippen LogP contribution in [0.1, 0.15) is 41.6 Å². The zero-order chi connectivity index (χ0) is 22.2. The van der Waals surface area contributed by atoms with E-state index in [2.05, 4.69) is 15.3 Å². The second-order valence-corrected chi connectivity index (χ2v) is 10.7. The van der Waals surface area contributed by atoms with Crippen LogP contribution in [0.2, 0.25) is 0 Å². The highest BCUT2D eigenvalue weighted by atomic mass is 32.2. The van der Waals surface area contributed by atoms with Crippen LogP contribution in [-0.4, -0.2) is 45.9 Å². The highest BCUT2D eigenvalue weighted by molar-refractivity contribution is 7.91. The van der Waals surface area contributed by atoms with Gasteiger partial charge in [-0.1, -0.05) is 30.3 Å². The summed E-state index contributed by atoms with van der Waals surface area (Å²) >= 11 is 0. The highest BCUT2D eigenvalue weighted by Crippen LogP contribution is 2.26. The van der Waals surface area contributed by atoms with Crippen molar-refractivity contribution >= 4 is 26.9 Å². The Kier molecular flexibility index (Phi) is 5.47. The van der Waals surface area contributed by atoms with Crippen molar-refractivity contribution in [3.8, 4) is 5.75 Å². The van der Waals surface area contributed by atoms with Crippen LogP contribution in [0.4, 0.5) is 0 Å². The second-order valence-electron chi connectivity index (χ2n) is 8.35. The van der Waals surface area contributed by atoms with Crippen molar-refractivity contribution < 1.29 is 17.9 Å². The Morgan fingerprint density at radius 2 is 1.87 bits per heavy atom. The Morgan fingerprint density at radius 1 is 1.19 bits per heavy atom. The van der Waals surface area contributed by atoms with Gasteiger partial charge in [0.1, 0.15) is 22.2 Å². The first kappa shape index (κ1) is 21.3. The van der Waals surface area contributed by atoms with E-state index in [1.165, 1.54) is 0 Å². The molecule has 2 aromatic heterocycles. The molecule has 3 aromatic rings. The molecule has 1 aromatic carbocycles. The Bertz CT molecular complexity index is 1220. The van der Waals surface area contributed by atoms with Crippen LogP contribution in [0.3, 0.4) is 0 Å². The normalized spacial score (nSPS) is 17.4. The minimum Gasteiger partial charge on any atom is -0.487 e. The molecule has 0 saturated carbocycles. The predicted octanol–water partition coefficient (Wildman–Crippen LogP) is 2.55. The molecule has 164 valence electrons. The maximum atomic E-state index is 12.9. The number of aryl methyl sites for hydroxylation is 2. The van der Waals surface area contributed by atoms with E-state index in [1.54, 1.807) is 11.6 Å². The number of imidazole rings is 1. The lowest BCUT2D eigenvalue weighted by atomic mass is 9.95. The number of nitrogens with one attached hydrogen (secondary N) is 1. The highest BCUT2D eigenvalue weighted by Gasteiger charge is 2.35. The van der Waals surface area contributed by atoms with Crippen molar-refractivity contribution in [1.82, 2.24) is 19.9 Å². The van der Waals surface area contributed by atoms with Crippen molar-refractivity contribution in [3.63, 3.8) is 0 Å². The lowest BCUT2D eigenvalue weighted by Gasteiger charge is -2.34. The minimum atomic E-state index is -3.01. The number of sulfone groups is 1. The summed E-state index contributed by atoms with van der Waals surface area (Å²) in [6, 6.07) is 11.7. The first-order chi connectivity index (χ1) is 14.7. The monoisotopic (exact) mass is 442 g/mol. The molecule has 1 fully saturated rings. The SMILES string of the molecule is Cc1nc2nc(C(=O)NC3(C)CCS(=O)(=O)CC3)n(C)c2cc1OCc1ccccc1. The third-order valence-corrected chi connectivity index (χ3v) is 7.46. The number of nitrogens with zero attached hydrogens (tertiary/aromatic N) is 3. The molecule has 1 aliphatic heterocycles. The topological polar surface area (TPSA) is 103 Å². The van der Waals surface area contributed by atoms with E-state index in [4.69, 9.17) is 4.74 Å². The van der Waals surface area contributed by atoms with Crippen LogP contribution in [0, 0.1) is 6.92 Å². The fraction of sp³-hybridized carbons (Fsp3) is 0.409. The number of carbonyl (C=O) groups is 1. The Morgan fingerprint density at radius 3 is 2.55 bits per heavy atom. The summed E-state index contributed by atoms with van der Waals surface area (Å²) in [6.07, 6.45) is 0.777. The van der Waals surface area contributed by atoms with Crippen LogP contribution in [0.25, 0.3) is 11.2 Å². The first-order valence-corrected chi connectivity index (χ1v) is 12.0. The van der Waals surface area contributed by atoms with E-state index in [0.717, 1.165) is 5.56 Å². The maximum absolute atomic E-state index is 12.9. The molecule has 9 heteroatoms. The maximum Gasteiger partial charge on any atom is 0.287 e. The van der Waals surface area contributed by atoms with E-state index >= 15 is 0 Å². The molecule has 3 heterocycles. The van der Waals surface area contributed by atoms with E-state index in [-0.39, 0.29) is 23.2 Å². The molecule has 0 unspecified atom stereocenters. The molecule has 31 heavy (non-hydrogen) atoms. The molecule has 1 N–H and O–H groups in total. The van der Waals surface area contributed by atoms with Gasteiger partial charge in [0.25, 0.3) is 5.91 Å². The summed E-state index contributed by atoms with van der Waals surface area (Å²) < 4.78 is 31.1. The zero-order valence-corrected chi connectivity index (χ0v) is 18.7. The van der Waals surface area contributed by atoms with Crippen molar-refractivity contribution in [3.05, 3.63) is 53.5 Å².